The summed E-state index contributed by atoms with van der Waals surface area (Å²) in [5, 5.41) is 8.95. The number of carbonyl (C=O) groups is 2. The van der Waals surface area contributed by atoms with Crippen molar-refractivity contribution >= 4 is 11.9 Å². The van der Waals surface area contributed by atoms with E-state index in [9.17, 15) is 9.59 Å². The maximum atomic E-state index is 12.5. The Morgan fingerprint density at radius 3 is 2.63 bits per heavy atom. The van der Waals surface area contributed by atoms with Gasteiger partial charge in [-0.05, 0) is 25.0 Å². The molecule has 2 aliphatic rings. The van der Waals surface area contributed by atoms with Gasteiger partial charge in [0, 0.05) is 6.20 Å². The van der Waals surface area contributed by atoms with Gasteiger partial charge >= 0.3 is 5.97 Å². The quantitative estimate of drug-likeness (QED) is 0.852. The standard InChI is InChI=1S/C13H14N2O4/c16-12(11-5-8(13(17)18)3-4-14-11)15-9-1-2-10(15)7-19-6-9/h3-5,9-10H,1-2,6-7H2,(H,17,18). The highest BCUT2D eigenvalue weighted by Crippen LogP contribution is 2.29. The number of hydrogen-bond acceptors (Lipinski definition) is 4. The first-order valence-corrected chi connectivity index (χ1v) is 6.26. The minimum Gasteiger partial charge on any atom is -0.478 e. The first kappa shape index (κ1) is 12.1. The van der Waals surface area contributed by atoms with Crippen LogP contribution >= 0.6 is 0 Å². The van der Waals surface area contributed by atoms with Crippen molar-refractivity contribution in [2.24, 2.45) is 0 Å². The zero-order chi connectivity index (χ0) is 13.4. The maximum absolute atomic E-state index is 12.5. The van der Waals surface area contributed by atoms with Crippen molar-refractivity contribution < 1.29 is 19.4 Å². The van der Waals surface area contributed by atoms with E-state index >= 15 is 0 Å². The molecule has 2 atom stereocenters. The number of carbonyl (C=O) groups excluding carboxylic acids is 1. The molecule has 1 aromatic rings. The zero-order valence-electron chi connectivity index (χ0n) is 10.3. The number of aromatic nitrogens is 1. The minimum atomic E-state index is -1.05. The first-order chi connectivity index (χ1) is 9.16. The third kappa shape index (κ3) is 2.08. The fraction of sp³-hybridized carbons (Fsp3) is 0.462. The summed E-state index contributed by atoms with van der Waals surface area (Å²) < 4.78 is 5.43. The van der Waals surface area contributed by atoms with Crippen molar-refractivity contribution in [1.29, 1.82) is 0 Å². The lowest BCUT2D eigenvalue weighted by atomic mass is 10.2. The number of carboxylic acids is 1. The highest BCUT2D eigenvalue weighted by atomic mass is 16.5. The molecule has 100 valence electrons. The first-order valence-electron chi connectivity index (χ1n) is 6.26. The number of pyridine rings is 1. The molecule has 2 saturated heterocycles. The van der Waals surface area contributed by atoms with Crippen LogP contribution < -0.4 is 0 Å². The van der Waals surface area contributed by atoms with Crippen molar-refractivity contribution in [3.05, 3.63) is 29.6 Å². The number of nitrogens with zero attached hydrogens (tertiary/aromatic N) is 2. The van der Waals surface area contributed by atoms with Crippen molar-refractivity contribution in [1.82, 2.24) is 9.88 Å². The van der Waals surface area contributed by atoms with Gasteiger partial charge in [-0.3, -0.25) is 9.78 Å². The average molecular weight is 262 g/mol. The third-order valence-electron chi connectivity index (χ3n) is 3.70. The molecule has 6 nitrogen and oxygen atoms in total. The van der Waals surface area contributed by atoms with E-state index in [2.05, 4.69) is 4.98 Å². The molecular formula is C13H14N2O4. The van der Waals surface area contributed by atoms with Crippen LogP contribution in [0.2, 0.25) is 0 Å². The van der Waals surface area contributed by atoms with Crippen LogP contribution in [0.3, 0.4) is 0 Å². The number of carboxylic acid groups (broad SMARTS) is 1. The largest absolute Gasteiger partial charge is 0.478 e. The molecule has 0 saturated carbocycles. The van der Waals surface area contributed by atoms with Crippen LogP contribution in [0.15, 0.2) is 18.3 Å². The molecule has 0 spiro atoms. The van der Waals surface area contributed by atoms with Crippen LogP contribution in [0.4, 0.5) is 0 Å². The summed E-state index contributed by atoms with van der Waals surface area (Å²) in [4.78, 5) is 29.2. The molecule has 3 rings (SSSR count). The van der Waals surface area contributed by atoms with Gasteiger partial charge in [-0.25, -0.2) is 4.79 Å². The summed E-state index contributed by atoms with van der Waals surface area (Å²) in [7, 11) is 0. The fourth-order valence-corrected chi connectivity index (χ4v) is 2.77. The second kappa shape index (κ2) is 4.62. The lowest BCUT2D eigenvalue weighted by Gasteiger charge is -2.34. The summed E-state index contributed by atoms with van der Waals surface area (Å²) in [6.07, 6.45) is 3.24. The second-order valence-corrected chi connectivity index (χ2v) is 4.87. The smallest absolute Gasteiger partial charge is 0.335 e. The second-order valence-electron chi connectivity index (χ2n) is 4.87. The van der Waals surface area contributed by atoms with Crippen LogP contribution in [0, 0.1) is 0 Å². The molecule has 1 N–H and O–H groups in total. The fourth-order valence-electron chi connectivity index (χ4n) is 2.77. The molecule has 1 aromatic heterocycles. The van der Waals surface area contributed by atoms with Gasteiger partial charge in [-0.2, -0.15) is 0 Å². The highest BCUT2D eigenvalue weighted by Gasteiger charge is 2.41. The molecule has 2 bridgehead atoms. The monoisotopic (exact) mass is 262 g/mol. The van der Waals surface area contributed by atoms with E-state index in [0.29, 0.717) is 13.2 Å². The van der Waals surface area contributed by atoms with Crippen molar-refractivity contribution in [2.75, 3.05) is 13.2 Å². The normalized spacial score (nSPS) is 25.4. The molecule has 0 aliphatic carbocycles. The topological polar surface area (TPSA) is 79.7 Å². The Bertz CT molecular complexity index is 515. The molecule has 2 fully saturated rings. The van der Waals surface area contributed by atoms with E-state index in [1.807, 2.05) is 0 Å². The Kier molecular flexibility index (Phi) is 2.94. The summed E-state index contributed by atoms with van der Waals surface area (Å²) in [6.45, 7) is 1.11. The summed E-state index contributed by atoms with van der Waals surface area (Å²) in [5.74, 6) is -1.25. The third-order valence-corrected chi connectivity index (χ3v) is 3.70. The number of ether oxygens (including phenoxy) is 1. The van der Waals surface area contributed by atoms with Crippen LogP contribution in [0.25, 0.3) is 0 Å². The van der Waals surface area contributed by atoms with Crippen LogP contribution in [0.1, 0.15) is 33.7 Å². The van der Waals surface area contributed by atoms with Gasteiger partial charge in [0.05, 0.1) is 30.9 Å². The van der Waals surface area contributed by atoms with Gasteiger partial charge < -0.3 is 14.7 Å². The predicted molar refractivity (Wildman–Crippen MR) is 65.0 cm³/mol. The minimum absolute atomic E-state index is 0.0824. The number of amides is 1. The molecule has 3 heterocycles. The predicted octanol–water partition coefficient (Wildman–Crippen LogP) is 0.783. The Hall–Kier alpha value is -1.95. The van der Waals surface area contributed by atoms with E-state index in [4.69, 9.17) is 9.84 Å². The molecule has 2 unspecified atom stereocenters. The maximum Gasteiger partial charge on any atom is 0.335 e. The van der Waals surface area contributed by atoms with Crippen LogP contribution in [-0.2, 0) is 4.74 Å². The average Bonchev–Trinajstić information content (AvgIpc) is 2.67. The van der Waals surface area contributed by atoms with Crippen LogP contribution in [-0.4, -0.2) is 52.2 Å². The molecule has 19 heavy (non-hydrogen) atoms. The van der Waals surface area contributed by atoms with E-state index in [1.165, 1.54) is 18.3 Å². The Morgan fingerprint density at radius 2 is 2.00 bits per heavy atom. The lowest BCUT2D eigenvalue weighted by molar-refractivity contribution is -0.00746. The van der Waals surface area contributed by atoms with Gasteiger partial charge in [0.2, 0.25) is 0 Å². The van der Waals surface area contributed by atoms with E-state index in [1.54, 1.807) is 4.90 Å². The summed E-state index contributed by atoms with van der Waals surface area (Å²) in [6, 6.07) is 2.91. The Morgan fingerprint density at radius 1 is 1.32 bits per heavy atom. The molecular weight excluding hydrogens is 248 g/mol. The summed E-state index contributed by atoms with van der Waals surface area (Å²) >= 11 is 0. The SMILES string of the molecule is O=C(O)c1ccnc(C(=O)N2C3CCC2COC3)c1. The number of hydrogen-bond donors (Lipinski definition) is 1. The van der Waals surface area contributed by atoms with Crippen molar-refractivity contribution in [3.63, 3.8) is 0 Å². The molecule has 0 radical (unpaired) electrons. The molecule has 1 amide bonds. The number of rotatable bonds is 2. The highest BCUT2D eigenvalue weighted by molar-refractivity contribution is 5.96. The van der Waals surface area contributed by atoms with Gasteiger partial charge in [0.15, 0.2) is 0 Å². The van der Waals surface area contributed by atoms with E-state index in [-0.39, 0.29) is 29.2 Å². The van der Waals surface area contributed by atoms with E-state index in [0.717, 1.165) is 12.8 Å². The van der Waals surface area contributed by atoms with E-state index < -0.39 is 5.97 Å². The zero-order valence-corrected chi connectivity index (χ0v) is 10.3. The number of aromatic carboxylic acids is 1. The van der Waals surface area contributed by atoms with Crippen molar-refractivity contribution in [3.8, 4) is 0 Å². The molecule has 0 aromatic carbocycles. The summed E-state index contributed by atoms with van der Waals surface area (Å²) in [5.41, 5.74) is 0.276. The van der Waals surface area contributed by atoms with Gasteiger partial charge in [-0.15, -0.1) is 0 Å². The molecule has 2 aliphatic heterocycles. The Balaban J connectivity index is 1.88. The van der Waals surface area contributed by atoms with Gasteiger partial charge in [-0.1, -0.05) is 0 Å². The Labute approximate surface area is 110 Å². The number of morpholine rings is 1. The number of fused-ring (bicyclic) bond motifs is 2. The van der Waals surface area contributed by atoms with Crippen LogP contribution in [0.5, 0.6) is 0 Å². The molecule has 6 heteroatoms. The van der Waals surface area contributed by atoms with Crippen molar-refractivity contribution in [2.45, 2.75) is 24.9 Å². The van der Waals surface area contributed by atoms with Gasteiger partial charge in [0.25, 0.3) is 5.91 Å². The lowest BCUT2D eigenvalue weighted by Crippen LogP contribution is -2.49. The van der Waals surface area contributed by atoms with Gasteiger partial charge in [0.1, 0.15) is 5.69 Å².